The summed E-state index contributed by atoms with van der Waals surface area (Å²) in [6.07, 6.45) is 0.975. The van der Waals surface area contributed by atoms with Gasteiger partial charge in [-0.25, -0.2) is 0 Å². The van der Waals surface area contributed by atoms with E-state index in [9.17, 15) is 4.79 Å². The molecule has 5 heteroatoms. The molecule has 3 rings (SSSR count). The van der Waals surface area contributed by atoms with Gasteiger partial charge in [0.2, 0.25) is 0 Å². The van der Waals surface area contributed by atoms with Crippen molar-refractivity contribution in [3.8, 4) is 0 Å². The summed E-state index contributed by atoms with van der Waals surface area (Å²) in [5, 5.41) is 0.465. The molecule has 3 nitrogen and oxygen atoms in total. The molecule has 0 spiro atoms. The lowest BCUT2D eigenvalue weighted by molar-refractivity contribution is 0.0733. The number of halogens is 1. The maximum absolute atomic E-state index is 12.4. The number of thioether (sulfide) groups is 1. The smallest absolute Gasteiger partial charge is 0.289 e. The third-order valence-electron chi connectivity index (χ3n) is 3.58. The van der Waals surface area contributed by atoms with Crippen LogP contribution in [0.5, 0.6) is 0 Å². The van der Waals surface area contributed by atoms with Crippen molar-refractivity contribution in [2.75, 3.05) is 18.8 Å². The van der Waals surface area contributed by atoms with Crippen molar-refractivity contribution >= 4 is 33.6 Å². The third kappa shape index (κ3) is 3.52. The van der Waals surface area contributed by atoms with Gasteiger partial charge in [0.15, 0.2) is 10.4 Å². The van der Waals surface area contributed by atoms with E-state index in [0.717, 1.165) is 25.3 Å². The van der Waals surface area contributed by atoms with Crippen molar-refractivity contribution in [1.82, 2.24) is 4.90 Å². The zero-order valence-electron chi connectivity index (χ0n) is 11.5. The Kier molecular flexibility index (Phi) is 4.70. The molecule has 1 atom stereocenters. The highest BCUT2D eigenvalue weighted by Crippen LogP contribution is 2.34. The first-order valence-electron chi connectivity index (χ1n) is 6.95. The highest BCUT2D eigenvalue weighted by Gasteiger charge is 2.24. The van der Waals surface area contributed by atoms with Crippen molar-refractivity contribution in [1.29, 1.82) is 0 Å². The van der Waals surface area contributed by atoms with Crippen LogP contribution in [0.3, 0.4) is 0 Å². The average Bonchev–Trinajstić information content (AvgIpc) is 2.81. The Hall–Kier alpha value is -1.20. The minimum Gasteiger partial charge on any atom is -0.444 e. The molecule has 0 bridgehead atoms. The molecular weight excluding hydrogens is 350 g/mol. The molecule has 1 amide bonds. The largest absolute Gasteiger partial charge is 0.444 e. The van der Waals surface area contributed by atoms with Gasteiger partial charge in [-0.1, -0.05) is 30.3 Å². The second kappa shape index (κ2) is 6.71. The molecule has 1 aliphatic heterocycles. The predicted octanol–water partition coefficient (Wildman–Crippen LogP) is 4.36. The molecule has 110 valence electrons. The summed E-state index contributed by atoms with van der Waals surface area (Å²) in [5.74, 6) is 1.34. The van der Waals surface area contributed by atoms with Crippen LogP contribution in [0.25, 0.3) is 0 Å². The van der Waals surface area contributed by atoms with Crippen molar-refractivity contribution in [3.63, 3.8) is 0 Å². The van der Waals surface area contributed by atoms with Crippen LogP contribution in [0.15, 0.2) is 51.6 Å². The monoisotopic (exact) mass is 365 g/mol. The van der Waals surface area contributed by atoms with Crippen molar-refractivity contribution in [2.24, 2.45) is 0 Å². The molecule has 2 heterocycles. The molecule has 1 unspecified atom stereocenters. The van der Waals surface area contributed by atoms with E-state index in [1.165, 1.54) is 5.56 Å². The first kappa shape index (κ1) is 14.7. The van der Waals surface area contributed by atoms with Crippen LogP contribution in [0.2, 0.25) is 0 Å². The van der Waals surface area contributed by atoms with E-state index in [2.05, 4.69) is 40.2 Å². The number of benzene rings is 1. The zero-order valence-corrected chi connectivity index (χ0v) is 13.9. The molecule has 1 aliphatic rings. The van der Waals surface area contributed by atoms with Gasteiger partial charge in [-0.2, -0.15) is 11.8 Å². The highest BCUT2D eigenvalue weighted by molar-refractivity contribution is 9.10. The second-order valence-corrected chi connectivity index (χ2v) is 7.05. The van der Waals surface area contributed by atoms with E-state index in [1.54, 1.807) is 12.1 Å². The Labute approximate surface area is 136 Å². The Morgan fingerprint density at radius 2 is 2.00 bits per heavy atom. The number of carbonyl (C=O) groups excluding carboxylic acids is 1. The Morgan fingerprint density at radius 1 is 1.19 bits per heavy atom. The fourth-order valence-corrected chi connectivity index (χ4v) is 4.03. The Morgan fingerprint density at radius 3 is 2.71 bits per heavy atom. The maximum Gasteiger partial charge on any atom is 0.289 e. The molecule has 0 radical (unpaired) electrons. The molecule has 0 N–H and O–H groups in total. The molecule has 0 aliphatic carbocycles. The first-order chi connectivity index (χ1) is 10.2. The molecule has 1 aromatic carbocycles. The van der Waals surface area contributed by atoms with Crippen LogP contribution < -0.4 is 0 Å². The van der Waals surface area contributed by atoms with Gasteiger partial charge in [0.05, 0.1) is 0 Å². The van der Waals surface area contributed by atoms with E-state index in [4.69, 9.17) is 4.42 Å². The molecule has 21 heavy (non-hydrogen) atoms. The fraction of sp³-hybridized carbons (Fsp3) is 0.312. The van der Waals surface area contributed by atoms with Crippen molar-refractivity contribution in [2.45, 2.75) is 11.7 Å². The average molecular weight is 366 g/mol. The van der Waals surface area contributed by atoms with Crippen LogP contribution in [-0.2, 0) is 0 Å². The number of hydrogen-bond acceptors (Lipinski definition) is 3. The molecule has 1 fully saturated rings. The van der Waals surface area contributed by atoms with Gasteiger partial charge in [0.1, 0.15) is 0 Å². The van der Waals surface area contributed by atoms with E-state index in [1.807, 2.05) is 22.7 Å². The van der Waals surface area contributed by atoms with Gasteiger partial charge in [-0.05, 0) is 40.0 Å². The first-order valence-corrected chi connectivity index (χ1v) is 8.79. The minimum absolute atomic E-state index is 0.0185. The zero-order chi connectivity index (χ0) is 14.7. The summed E-state index contributed by atoms with van der Waals surface area (Å²) in [6, 6.07) is 14.0. The van der Waals surface area contributed by atoms with Crippen molar-refractivity contribution < 1.29 is 9.21 Å². The Balaban J connectivity index is 1.67. The molecule has 0 saturated carbocycles. The summed E-state index contributed by atoms with van der Waals surface area (Å²) in [4.78, 5) is 14.3. The summed E-state index contributed by atoms with van der Waals surface area (Å²) in [6.45, 7) is 1.54. The number of amides is 1. The number of nitrogens with zero attached hydrogens (tertiary/aromatic N) is 1. The molecule has 1 saturated heterocycles. The lowest BCUT2D eigenvalue weighted by Crippen LogP contribution is -2.32. The summed E-state index contributed by atoms with van der Waals surface area (Å²) in [5.41, 5.74) is 1.34. The number of hydrogen-bond donors (Lipinski definition) is 0. The van der Waals surface area contributed by atoms with Gasteiger partial charge in [-0.15, -0.1) is 0 Å². The van der Waals surface area contributed by atoms with Crippen LogP contribution in [0, 0.1) is 0 Å². The molecular formula is C16H16BrNO2S. The van der Waals surface area contributed by atoms with E-state index < -0.39 is 0 Å². The quantitative estimate of drug-likeness (QED) is 0.792. The predicted molar refractivity (Wildman–Crippen MR) is 88.6 cm³/mol. The number of furan rings is 1. The lowest BCUT2D eigenvalue weighted by Gasteiger charge is -2.19. The van der Waals surface area contributed by atoms with Crippen LogP contribution in [-0.4, -0.2) is 29.6 Å². The van der Waals surface area contributed by atoms with Gasteiger partial charge in [-0.3, -0.25) is 4.79 Å². The van der Waals surface area contributed by atoms with Crippen LogP contribution >= 0.6 is 27.7 Å². The molecule has 2 aromatic rings. The number of carbonyl (C=O) groups is 1. The summed E-state index contributed by atoms with van der Waals surface area (Å²) < 4.78 is 5.96. The lowest BCUT2D eigenvalue weighted by atomic mass is 10.1. The van der Waals surface area contributed by atoms with Gasteiger partial charge in [0, 0.05) is 24.1 Å². The van der Waals surface area contributed by atoms with Gasteiger partial charge >= 0.3 is 0 Å². The van der Waals surface area contributed by atoms with Crippen molar-refractivity contribution in [3.05, 3.63) is 58.5 Å². The summed E-state index contributed by atoms with van der Waals surface area (Å²) in [7, 11) is 0. The standard InChI is InChI=1S/C16H16BrNO2S/c17-15-7-6-13(20-15)16(19)18-9-8-14(21-11-10-18)12-4-2-1-3-5-12/h1-7,14H,8-11H2. The Bertz CT molecular complexity index is 614. The maximum atomic E-state index is 12.4. The van der Waals surface area contributed by atoms with Gasteiger partial charge < -0.3 is 9.32 Å². The normalized spacial score (nSPS) is 19.3. The van der Waals surface area contributed by atoms with E-state index in [0.29, 0.717) is 15.7 Å². The SMILES string of the molecule is O=C(c1ccc(Br)o1)N1CCSC(c2ccccc2)CC1. The van der Waals surface area contributed by atoms with E-state index >= 15 is 0 Å². The van der Waals surface area contributed by atoms with Crippen LogP contribution in [0.4, 0.5) is 0 Å². The minimum atomic E-state index is -0.0185. The van der Waals surface area contributed by atoms with Crippen LogP contribution in [0.1, 0.15) is 27.8 Å². The number of rotatable bonds is 2. The fourth-order valence-electron chi connectivity index (χ4n) is 2.49. The van der Waals surface area contributed by atoms with E-state index in [-0.39, 0.29) is 5.91 Å². The molecule has 1 aromatic heterocycles. The topological polar surface area (TPSA) is 33.5 Å². The highest BCUT2D eigenvalue weighted by atomic mass is 79.9. The third-order valence-corrected chi connectivity index (χ3v) is 5.34. The van der Waals surface area contributed by atoms with Gasteiger partial charge in [0.25, 0.3) is 5.91 Å². The summed E-state index contributed by atoms with van der Waals surface area (Å²) >= 11 is 5.16. The second-order valence-electron chi connectivity index (χ2n) is 4.95.